The van der Waals surface area contributed by atoms with Gasteiger partial charge in [-0.05, 0) is 53.5 Å². The van der Waals surface area contributed by atoms with Gasteiger partial charge in [0.1, 0.15) is 0 Å². The van der Waals surface area contributed by atoms with Gasteiger partial charge in [-0.25, -0.2) is 0 Å². The van der Waals surface area contributed by atoms with Gasteiger partial charge in [-0.1, -0.05) is 44.2 Å². The third-order valence-corrected chi connectivity index (χ3v) is 6.69. The van der Waals surface area contributed by atoms with Crippen molar-refractivity contribution in [3.05, 3.63) is 81.8 Å². The predicted molar refractivity (Wildman–Crippen MR) is 113 cm³/mol. The zero-order valence-corrected chi connectivity index (χ0v) is 16.4. The summed E-state index contributed by atoms with van der Waals surface area (Å²) in [6.45, 7) is 4.71. The number of pyridine rings is 1. The van der Waals surface area contributed by atoms with Crippen LogP contribution in [-0.2, 0) is 6.42 Å². The third kappa shape index (κ3) is 3.46. The molecular formula is C24H22N2S. The number of nitrogens with zero attached hydrogens (tertiary/aromatic N) is 2. The van der Waals surface area contributed by atoms with Gasteiger partial charge >= 0.3 is 0 Å². The van der Waals surface area contributed by atoms with Crippen LogP contribution in [0.25, 0.3) is 17.2 Å². The van der Waals surface area contributed by atoms with Gasteiger partial charge in [0.15, 0.2) is 0 Å². The van der Waals surface area contributed by atoms with E-state index < -0.39 is 0 Å². The van der Waals surface area contributed by atoms with E-state index >= 15 is 0 Å². The van der Waals surface area contributed by atoms with Crippen molar-refractivity contribution >= 4 is 17.4 Å². The SMILES string of the molecule is C[C@H]1[C@H](/C=C/c2ccc(-c3ccccc3C#N)cn2)c2ccsc2C[C@@H]1C. The fourth-order valence-electron chi connectivity index (χ4n) is 3.91. The predicted octanol–water partition coefficient (Wildman–Crippen LogP) is 6.31. The number of aromatic nitrogens is 1. The second-order valence-electron chi connectivity index (χ2n) is 7.35. The number of allylic oxidation sites excluding steroid dienone is 1. The zero-order valence-electron chi connectivity index (χ0n) is 15.6. The Kier molecular flexibility index (Phi) is 4.92. The smallest absolute Gasteiger partial charge is 0.0998 e. The lowest BCUT2D eigenvalue weighted by Gasteiger charge is -2.32. The highest BCUT2D eigenvalue weighted by Gasteiger charge is 2.30. The Morgan fingerprint density at radius 2 is 2.00 bits per heavy atom. The first-order valence-electron chi connectivity index (χ1n) is 9.37. The van der Waals surface area contributed by atoms with Crippen molar-refractivity contribution in [2.45, 2.75) is 26.2 Å². The molecule has 1 aliphatic carbocycles. The number of nitriles is 1. The summed E-state index contributed by atoms with van der Waals surface area (Å²) in [6.07, 6.45) is 7.51. The van der Waals surface area contributed by atoms with Gasteiger partial charge in [0.25, 0.3) is 0 Å². The molecule has 1 aromatic carbocycles. The average molecular weight is 371 g/mol. The van der Waals surface area contributed by atoms with Crippen molar-refractivity contribution in [3.8, 4) is 17.2 Å². The van der Waals surface area contributed by atoms with Crippen LogP contribution >= 0.6 is 11.3 Å². The molecule has 0 unspecified atom stereocenters. The Labute approximate surface area is 164 Å². The topological polar surface area (TPSA) is 36.7 Å². The minimum atomic E-state index is 0.454. The second-order valence-corrected chi connectivity index (χ2v) is 8.35. The summed E-state index contributed by atoms with van der Waals surface area (Å²) in [5.41, 5.74) is 5.03. The first kappa shape index (κ1) is 17.7. The molecule has 0 amide bonds. The van der Waals surface area contributed by atoms with Crippen molar-refractivity contribution in [1.29, 1.82) is 5.26 Å². The summed E-state index contributed by atoms with van der Waals surface area (Å²) in [5.74, 6) is 1.78. The number of hydrogen-bond donors (Lipinski definition) is 0. The molecule has 134 valence electrons. The van der Waals surface area contributed by atoms with Crippen LogP contribution < -0.4 is 0 Å². The van der Waals surface area contributed by atoms with Gasteiger partial charge in [-0.15, -0.1) is 11.3 Å². The van der Waals surface area contributed by atoms with Crippen LogP contribution in [0.1, 0.15) is 41.5 Å². The number of rotatable bonds is 3. The largest absolute Gasteiger partial charge is 0.256 e. The van der Waals surface area contributed by atoms with Crippen LogP contribution in [0, 0.1) is 23.2 Å². The van der Waals surface area contributed by atoms with Crippen LogP contribution in [0.4, 0.5) is 0 Å². The molecule has 0 saturated heterocycles. The maximum Gasteiger partial charge on any atom is 0.0998 e. The molecular weight excluding hydrogens is 348 g/mol. The number of benzene rings is 1. The molecule has 3 aromatic rings. The van der Waals surface area contributed by atoms with Crippen LogP contribution in [0.15, 0.2) is 60.1 Å². The molecule has 2 nitrogen and oxygen atoms in total. The van der Waals surface area contributed by atoms with Gasteiger partial charge < -0.3 is 0 Å². The van der Waals surface area contributed by atoms with Crippen molar-refractivity contribution in [2.75, 3.05) is 0 Å². The van der Waals surface area contributed by atoms with Crippen molar-refractivity contribution in [3.63, 3.8) is 0 Å². The van der Waals surface area contributed by atoms with Crippen LogP contribution in [0.5, 0.6) is 0 Å². The molecule has 0 spiro atoms. The van der Waals surface area contributed by atoms with E-state index in [0.29, 0.717) is 23.3 Å². The fraction of sp³-hybridized carbons (Fsp3) is 0.250. The molecule has 1 aliphatic rings. The van der Waals surface area contributed by atoms with Crippen molar-refractivity contribution < 1.29 is 0 Å². The lowest BCUT2D eigenvalue weighted by Crippen LogP contribution is -2.23. The molecule has 3 heteroatoms. The Balaban J connectivity index is 1.58. The Morgan fingerprint density at radius 3 is 2.78 bits per heavy atom. The molecule has 2 heterocycles. The molecule has 27 heavy (non-hydrogen) atoms. The highest BCUT2D eigenvalue weighted by atomic mass is 32.1. The lowest BCUT2D eigenvalue weighted by atomic mass is 9.73. The van der Waals surface area contributed by atoms with Crippen molar-refractivity contribution in [1.82, 2.24) is 4.98 Å². The standard InChI is InChI=1S/C24H22N2S/c1-16-13-24-23(11-12-27-24)21(17(16)2)10-9-20-8-7-19(15-26-20)22-6-4-3-5-18(22)14-25/h3-12,15-17,21H,13H2,1-2H3/b10-9+/t16-,17+,21-/m0/s1. The molecule has 0 fully saturated rings. The van der Waals surface area contributed by atoms with Gasteiger partial charge in [0, 0.05) is 28.1 Å². The molecule has 0 radical (unpaired) electrons. The second kappa shape index (κ2) is 7.50. The summed E-state index contributed by atoms with van der Waals surface area (Å²) in [6, 6.07) is 16.3. The highest BCUT2D eigenvalue weighted by Crippen LogP contribution is 2.42. The van der Waals surface area contributed by atoms with E-state index in [1.54, 1.807) is 0 Å². The fourth-order valence-corrected chi connectivity index (χ4v) is 4.98. The van der Waals surface area contributed by atoms with E-state index in [4.69, 9.17) is 0 Å². The maximum atomic E-state index is 9.29. The molecule has 4 rings (SSSR count). The molecule has 0 bridgehead atoms. The van der Waals surface area contributed by atoms with Crippen molar-refractivity contribution in [2.24, 2.45) is 11.8 Å². The van der Waals surface area contributed by atoms with Crippen LogP contribution in [0.3, 0.4) is 0 Å². The minimum Gasteiger partial charge on any atom is -0.256 e. The van der Waals surface area contributed by atoms with E-state index in [-0.39, 0.29) is 0 Å². The molecule has 0 N–H and O–H groups in total. The summed E-state index contributed by atoms with van der Waals surface area (Å²) < 4.78 is 0. The monoisotopic (exact) mass is 370 g/mol. The first-order valence-corrected chi connectivity index (χ1v) is 10.3. The highest BCUT2D eigenvalue weighted by molar-refractivity contribution is 7.10. The van der Waals surface area contributed by atoms with E-state index in [2.05, 4.69) is 48.5 Å². The van der Waals surface area contributed by atoms with Crippen LogP contribution in [-0.4, -0.2) is 4.98 Å². The zero-order chi connectivity index (χ0) is 18.8. The quantitative estimate of drug-likeness (QED) is 0.542. The summed E-state index contributed by atoms with van der Waals surface area (Å²) in [4.78, 5) is 6.14. The summed E-state index contributed by atoms with van der Waals surface area (Å²) in [7, 11) is 0. The number of hydrogen-bond acceptors (Lipinski definition) is 3. The minimum absolute atomic E-state index is 0.454. The molecule has 3 atom stereocenters. The normalized spacial score (nSPS) is 21.7. The Hall–Kier alpha value is -2.70. The van der Waals surface area contributed by atoms with E-state index in [9.17, 15) is 5.26 Å². The third-order valence-electron chi connectivity index (χ3n) is 5.73. The van der Waals surface area contributed by atoms with Crippen LogP contribution in [0.2, 0.25) is 0 Å². The molecule has 2 aromatic heterocycles. The molecule has 0 saturated carbocycles. The summed E-state index contributed by atoms with van der Waals surface area (Å²) in [5, 5.41) is 11.5. The number of fused-ring (bicyclic) bond motifs is 1. The lowest BCUT2D eigenvalue weighted by molar-refractivity contribution is 0.336. The van der Waals surface area contributed by atoms with Gasteiger partial charge in [-0.3, -0.25) is 4.98 Å². The van der Waals surface area contributed by atoms with Gasteiger partial charge in [0.05, 0.1) is 17.3 Å². The summed E-state index contributed by atoms with van der Waals surface area (Å²) >= 11 is 1.88. The van der Waals surface area contributed by atoms with E-state index in [1.807, 2.05) is 53.9 Å². The Bertz CT molecular complexity index is 1010. The molecule has 0 aliphatic heterocycles. The Morgan fingerprint density at radius 1 is 1.15 bits per heavy atom. The van der Waals surface area contributed by atoms with E-state index in [1.165, 1.54) is 16.9 Å². The number of thiophene rings is 1. The van der Waals surface area contributed by atoms with Gasteiger partial charge in [0.2, 0.25) is 0 Å². The van der Waals surface area contributed by atoms with Gasteiger partial charge in [-0.2, -0.15) is 5.26 Å². The average Bonchev–Trinajstić information content (AvgIpc) is 3.16. The maximum absolute atomic E-state index is 9.29. The first-order chi connectivity index (χ1) is 13.2. The van der Waals surface area contributed by atoms with E-state index in [0.717, 1.165) is 16.8 Å².